The van der Waals surface area contributed by atoms with Crippen molar-refractivity contribution in [2.75, 3.05) is 0 Å². The van der Waals surface area contributed by atoms with Crippen molar-refractivity contribution in [1.82, 2.24) is 0 Å². The van der Waals surface area contributed by atoms with Gasteiger partial charge in [0.2, 0.25) is 0 Å². The van der Waals surface area contributed by atoms with Gasteiger partial charge < -0.3 is 0 Å². The third-order valence-corrected chi connectivity index (χ3v) is 4.70. The maximum absolute atomic E-state index is 6.65. The second-order valence-corrected chi connectivity index (χ2v) is 6.05. The number of benzene rings is 1. The van der Waals surface area contributed by atoms with Crippen molar-refractivity contribution in [2.45, 2.75) is 58.8 Å². The third-order valence-electron chi connectivity index (χ3n) is 3.78. The SMILES string of the molecule is CCCCC(CC)C(Cl)c1cc(C)c(C)cc1Cl. The van der Waals surface area contributed by atoms with E-state index in [-0.39, 0.29) is 5.38 Å². The van der Waals surface area contributed by atoms with Crippen LogP contribution in [0.25, 0.3) is 0 Å². The van der Waals surface area contributed by atoms with E-state index in [4.69, 9.17) is 23.2 Å². The van der Waals surface area contributed by atoms with Crippen molar-refractivity contribution in [3.63, 3.8) is 0 Å². The normalized spacial score (nSPS) is 14.6. The number of aryl methyl sites for hydroxylation is 2. The summed E-state index contributed by atoms with van der Waals surface area (Å²) < 4.78 is 0. The largest absolute Gasteiger partial charge is 0.117 e. The second-order valence-electron chi connectivity index (χ2n) is 5.17. The van der Waals surface area contributed by atoms with Gasteiger partial charge in [-0.1, -0.05) is 50.8 Å². The summed E-state index contributed by atoms with van der Waals surface area (Å²) in [5.74, 6) is 0.520. The van der Waals surface area contributed by atoms with Crippen LogP contribution in [0, 0.1) is 19.8 Å². The van der Waals surface area contributed by atoms with Gasteiger partial charge >= 0.3 is 0 Å². The standard InChI is InChI=1S/C16H24Cl2/c1-5-7-8-13(6-2)16(18)14-9-11(3)12(4)10-15(14)17/h9-10,13,16H,5-8H2,1-4H3. The van der Waals surface area contributed by atoms with Crippen LogP contribution in [-0.4, -0.2) is 0 Å². The highest BCUT2D eigenvalue weighted by Crippen LogP contribution is 2.38. The molecule has 0 saturated carbocycles. The summed E-state index contributed by atoms with van der Waals surface area (Å²) in [6.07, 6.45) is 4.76. The molecular weight excluding hydrogens is 263 g/mol. The van der Waals surface area contributed by atoms with Gasteiger partial charge in [0.1, 0.15) is 0 Å². The minimum atomic E-state index is 0.0355. The van der Waals surface area contributed by atoms with Crippen LogP contribution < -0.4 is 0 Å². The van der Waals surface area contributed by atoms with Gasteiger partial charge in [-0.15, -0.1) is 11.6 Å². The zero-order chi connectivity index (χ0) is 13.7. The first kappa shape index (κ1) is 15.9. The number of hydrogen-bond acceptors (Lipinski definition) is 0. The third kappa shape index (κ3) is 3.90. The zero-order valence-corrected chi connectivity index (χ0v) is 13.4. The van der Waals surface area contributed by atoms with Gasteiger partial charge in [0.15, 0.2) is 0 Å². The zero-order valence-electron chi connectivity index (χ0n) is 11.9. The molecule has 0 saturated heterocycles. The fourth-order valence-corrected chi connectivity index (χ4v) is 3.17. The van der Waals surface area contributed by atoms with E-state index >= 15 is 0 Å². The number of halogens is 2. The summed E-state index contributed by atoms with van der Waals surface area (Å²) in [6, 6.07) is 4.19. The Bertz CT molecular complexity index is 385. The van der Waals surface area contributed by atoms with Crippen molar-refractivity contribution in [3.8, 4) is 0 Å². The molecule has 1 rings (SSSR count). The highest BCUT2D eigenvalue weighted by atomic mass is 35.5. The molecule has 2 unspecified atom stereocenters. The lowest BCUT2D eigenvalue weighted by molar-refractivity contribution is 0.437. The minimum Gasteiger partial charge on any atom is -0.117 e. The molecule has 0 aliphatic rings. The number of unbranched alkanes of at least 4 members (excludes halogenated alkanes) is 1. The Morgan fingerprint density at radius 1 is 1.11 bits per heavy atom. The van der Waals surface area contributed by atoms with Gasteiger partial charge in [0.25, 0.3) is 0 Å². The highest BCUT2D eigenvalue weighted by Gasteiger charge is 2.21. The first-order valence-electron chi connectivity index (χ1n) is 6.91. The summed E-state index contributed by atoms with van der Waals surface area (Å²) in [4.78, 5) is 0. The van der Waals surface area contributed by atoms with Crippen LogP contribution in [0.5, 0.6) is 0 Å². The van der Waals surface area contributed by atoms with Crippen LogP contribution in [0.3, 0.4) is 0 Å². The van der Waals surface area contributed by atoms with Gasteiger partial charge in [0, 0.05) is 5.02 Å². The molecule has 0 spiro atoms. The van der Waals surface area contributed by atoms with E-state index < -0.39 is 0 Å². The molecule has 0 fully saturated rings. The van der Waals surface area contributed by atoms with Gasteiger partial charge in [-0.05, 0) is 48.9 Å². The van der Waals surface area contributed by atoms with Crippen molar-refractivity contribution in [3.05, 3.63) is 33.8 Å². The van der Waals surface area contributed by atoms with Gasteiger partial charge in [-0.2, -0.15) is 0 Å². The average Bonchev–Trinajstić information content (AvgIpc) is 2.34. The molecule has 2 atom stereocenters. The number of rotatable bonds is 6. The van der Waals surface area contributed by atoms with Gasteiger partial charge in [0.05, 0.1) is 5.38 Å². The molecule has 0 aliphatic heterocycles. The Hall–Kier alpha value is -0.200. The van der Waals surface area contributed by atoms with Crippen molar-refractivity contribution in [2.24, 2.45) is 5.92 Å². The molecule has 0 aromatic heterocycles. The van der Waals surface area contributed by atoms with Gasteiger partial charge in [-0.25, -0.2) is 0 Å². The number of hydrogen-bond donors (Lipinski definition) is 0. The van der Waals surface area contributed by atoms with Gasteiger partial charge in [-0.3, -0.25) is 0 Å². The molecule has 1 aromatic rings. The first-order chi connectivity index (χ1) is 8.51. The summed E-state index contributed by atoms with van der Waals surface area (Å²) >= 11 is 13.0. The molecule has 0 heterocycles. The summed E-state index contributed by atoms with van der Waals surface area (Å²) in [5, 5.41) is 0.849. The summed E-state index contributed by atoms with van der Waals surface area (Å²) in [5.41, 5.74) is 3.60. The fraction of sp³-hybridized carbons (Fsp3) is 0.625. The lowest BCUT2D eigenvalue weighted by Crippen LogP contribution is -2.08. The Balaban J connectivity index is 2.94. The predicted molar refractivity (Wildman–Crippen MR) is 82.8 cm³/mol. The topological polar surface area (TPSA) is 0 Å². The maximum Gasteiger partial charge on any atom is 0.0628 e. The number of alkyl halides is 1. The molecule has 2 heteroatoms. The fourth-order valence-electron chi connectivity index (χ4n) is 2.29. The Morgan fingerprint density at radius 2 is 1.72 bits per heavy atom. The van der Waals surface area contributed by atoms with E-state index in [0.29, 0.717) is 5.92 Å². The lowest BCUT2D eigenvalue weighted by Gasteiger charge is -2.23. The van der Waals surface area contributed by atoms with Crippen LogP contribution in [0.4, 0.5) is 0 Å². The molecule has 0 bridgehead atoms. The first-order valence-corrected chi connectivity index (χ1v) is 7.73. The monoisotopic (exact) mass is 286 g/mol. The molecule has 0 nitrogen and oxygen atoms in total. The molecule has 0 aliphatic carbocycles. The van der Waals surface area contributed by atoms with Crippen LogP contribution in [0.1, 0.15) is 61.6 Å². The van der Waals surface area contributed by atoms with Crippen LogP contribution in [-0.2, 0) is 0 Å². The predicted octanol–water partition coefficient (Wildman–Crippen LogP) is 6.45. The minimum absolute atomic E-state index is 0.0355. The molecule has 0 amide bonds. The van der Waals surface area contributed by atoms with E-state index in [2.05, 4.69) is 33.8 Å². The maximum atomic E-state index is 6.65. The second kappa shape index (κ2) is 7.40. The van der Waals surface area contributed by atoms with Crippen LogP contribution >= 0.6 is 23.2 Å². The molecule has 102 valence electrons. The van der Waals surface area contributed by atoms with E-state index in [1.807, 2.05) is 6.07 Å². The van der Waals surface area contributed by atoms with E-state index in [1.165, 1.54) is 30.4 Å². The van der Waals surface area contributed by atoms with E-state index in [1.54, 1.807) is 0 Å². The van der Waals surface area contributed by atoms with Crippen molar-refractivity contribution in [1.29, 1.82) is 0 Å². The molecule has 1 aromatic carbocycles. The van der Waals surface area contributed by atoms with E-state index in [9.17, 15) is 0 Å². The highest BCUT2D eigenvalue weighted by molar-refractivity contribution is 6.33. The quantitative estimate of drug-likeness (QED) is 0.527. The Morgan fingerprint density at radius 3 is 2.28 bits per heavy atom. The van der Waals surface area contributed by atoms with Crippen molar-refractivity contribution >= 4 is 23.2 Å². The van der Waals surface area contributed by atoms with E-state index in [0.717, 1.165) is 17.0 Å². The Kier molecular flexibility index (Phi) is 6.52. The lowest BCUT2D eigenvalue weighted by atomic mass is 9.90. The molecule has 18 heavy (non-hydrogen) atoms. The van der Waals surface area contributed by atoms with Crippen molar-refractivity contribution < 1.29 is 0 Å². The molecule has 0 radical (unpaired) electrons. The average molecular weight is 287 g/mol. The molecular formula is C16H24Cl2. The summed E-state index contributed by atoms with van der Waals surface area (Å²) in [6.45, 7) is 8.64. The van der Waals surface area contributed by atoms with Crippen LogP contribution in [0.15, 0.2) is 12.1 Å². The smallest absolute Gasteiger partial charge is 0.0628 e. The Labute approximate surface area is 122 Å². The molecule has 0 N–H and O–H groups in total. The van der Waals surface area contributed by atoms with Crippen LogP contribution in [0.2, 0.25) is 5.02 Å². The summed E-state index contributed by atoms with van der Waals surface area (Å²) in [7, 11) is 0.